The maximum Gasteiger partial charge on any atom is 0.398 e. The number of nitrogens with two attached hydrogens (primary N) is 1. The summed E-state index contributed by atoms with van der Waals surface area (Å²) in [4.78, 5) is 17.7. The van der Waals surface area contributed by atoms with Gasteiger partial charge in [-0.25, -0.2) is 0 Å². The summed E-state index contributed by atoms with van der Waals surface area (Å²) in [6, 6.07) is 7.53. The van der Waals surface area contributed by atoms with Crippen LogP contribution in [0.25, 0.3) is 0 Å². The molecule has 1 atom stereocenters. The van der Waals surface area contributed by atoms with Gasteiger partial charge in [-0.3, -0.25) is 9.78 Å². The number of likely N-dealkylation sites (tertiary alicyclic amines) is 1. The van der Waals surface area contributed by atoms with Gasteiger partial charge in [-0.1, -0.05) is 31.2 Å². The van der Waals surface area contributed by atoms with Crippen LogP contribution in [0.4, 0.5) is 13.2 Å². The zero-order chi connectivity index (χ0) is 21.9. The molecule has 0 spiro atoms. The minimum absolute atomic E-state index is 0.0766. The number of pyridine rings is 1. The Labute approximate surface area is 172 Å². The van der Waals surface area contributed by atoms with Gasteiger partial charge < -0.3 is 15.7 Å². The Morgan fingerprint density at radius 3 is 2.20 bits per heavy atom. The highest BCUT2D eigenvalue weighted by Gasteiger charge is 2.64. The first-order valence-corrected chi connectivity index (χ1v) is 9.77. The minimum Gasteiger partial charge on any atom is -0.380 e. The number of aliphatic hydroxyl groups is 1. The number of aromatic nitrogens is 1. The summed E-state index contributed by atoms with van der Waals surface area (Å²) in [5, 5.41) is 12.0. The highest BCUT2D eigenvalue weighted by atomic mass is 19.4. The maximum absolute atomic E-state index is 13.5. The molecule has 5 nitrogen and oxygen atoms in total. The summed E-state index contributed by atoms with van der Waals surface area (Å²) in [5.41, 5.74) is 2.65. The molecule has 8 heteroatoms. The van der Waals surface area contributed by atoms with Gasteiger partial charge in [0.2, 0.25) is 5.91 Å². The number of hydrogen-bond donors (Lipinski definition) is 2. The summed E-state index contributed by atoms with van der Waals surface area (Å²) in [6.45, 7) is 3.05. The van der Waals surface area contributed by atoms with E-state index in [2.05, 4.69) is 4.98 Å². The summed E-state index contributed by atoms with van der Waals surface area (Å²) in [6.07, 6.45) is -1.35. The van der Waals surface area contributed by atoms with Crippen molar-refractivity contribution in [3.05, 3.63) is 65.0 Å². The summed E-state index contributed by atoms with van der Waals surface area (Å²) < 4.78 is 40.5. The van der Waals surface area contributed by atoms with E-state index in [0.717, 1.165) is 0 Å². The van der Waals surface area contributed by atoms with Crippen molar-refractivity contribution in [2.45, 2.75) is 37.0 Å². The second-order valence-corrected chi connectivity index (χ2v) is 8.93. The summed E-state index contributed by atoms with van der Waals surface area (Å²) in [7, 11) is 1.92. The van der Waals surface area contributed by atoms with Gasteiger partial charge in [0.25, 0.3) is 0 Å². The molecule has 4 rings (SSSR count). The molecule has 1 saturated carbocycles. The highest BCUT2D eigenvalue weighted by Crippen LogP contribution is 2.59. The first-order chi connectivity index (χ1) is 13.9. The average Bonchev–Trinajstić information content (AvgIpc) is 3.48. The van der Waals surface area contributed by atoms with Crippen LogP contribution in [0.15, 0.2) is 42.7 Å². The first kappa shape index (κ1) is 20.8. The second kappa shape index (κ2) is 6.52. The third-order valence-corrected chi connectivity index (χ3v) is 6.70. The standard InChI is InChI=1S/C22H24F3N3O2/c1-19(12-28(2)13-19)21(30,17-9-14(18(26)29)10-27-11-17)16-5-3-15(4-6-16)20(7-8-20)22(23,24)25/h3-6,9-11,30H,7-8,12-13H2,1-2H3,(H2,26,29)/t21-/m0/s1. The Balaban J connectivity index is 1.80. The number of halogens is 3. The Bertz CT molecular complexity index is 980. The largest absolute Gasteiger partial charge is 0.398 e. The maximum atomic E-state index is 13.5. The molecule has 1 aromatic carbocycles. The molecule has 1 aromatic heterocycles. The molecule has 1 aliphatic carbocycles. The lowest BCUT2D eigenvalue weighted by atomic mass is 9.62. The van der Waals surface area contributed by atoms with Gasteiger partial charge in [-0.15, -0.1) is 0 Å². The van der Waals surface area contributed by atoms with E-state index in [9.17, 15) is 23.1 Å². The normalized spacial score (nSPS) is 22.1. The molecular formula is C22H24F3N3O2. The van der Waals surface area contributed by atoms with E-state index < -0.39 is 28.5 Å². The van der Waals surface area contributed by atoms with Crippen molar-refractivity contribution in [3.8, 4) is 0 Å². The lowest BCUT2D eigenvalue weighted by Crippen LogP contribution is -2.63. The number of hydrogen-bond acceptors (Lipinski definition) is 4. The van der Waals surface area contributed by atoms with Crippen molar-refractivity contribution in [2.24, 2.45) is 11.1 Å². The number of benzene rings is 1. The SMILES string of the molecule is CN1CC(C)([C@](O)(c2ccc(C3(C(F)(F)F)CC3)cc2)c2cncc(C(N)=O)c2)C1. The fourth-order valence-electron chi connectivity index (χ4n) is 4.90. The van der Waals surface area contributed by atoms with E-state index in [1.54, 1.807) is 12.1 Å². The molecule has 1 saturated heterocycles. The molecule has 2 aliphatic rings. The number of carbonyl (C=O) groups is 1. The lowest BCUT2D eigenvalue weighted by Gasteiger charge is -2.55. The monoisotopic (exact) mass is 419 g/mol. The van der Waals surface area contributed by atoms with Gasteiger partial charge in [0.05, 0.1) is 11.0 Å². The Hall–Kier alpha value is -2.45. The molecule has 0 unspecified atom stereocenters. The molecule has 0 bridgehead atoms. The van der Waals surface area contributed by atoms with Gasteiger partial charge in [-0.05, 0) is 37.1 Å². The van der Waals surface area contributed by atoms with Crippen LogP contribution in [-0.2, 0) is 11.0 Å². The number of nitrogens with zero attached hydrogens (tertiary/aromatic N) is 2. The fraction of sp³-hybridized carbons (Fsp3) is 0.455. The quantitative estimate of drug-likeness (QED) is 0.781. The van der Waals surface area contributed by atoms with E-state index in [1.807, 2.05) is 18.9 Å². The average molecular weight is 419 g/mol. The van der Waals surface area contributed by atoms with Crippen molar-refractivity contribution in [1.29, 1.82) is 0 Å². The van der Waals surface area contributed by atoms with Gasteiger partial charge in [0, 0.05) is 36.5 Å². The number of primary amides is 1. The summed E-state index contributed by atoms with van der Waals surface area (Å²) >= 11 is 0. The van der Waals surface area contributed by atoms with Gasteiger partial charge >= 0.3 is 6.18 Å². The van der Waals surface area contributed by atoms with E-state index in [4.69, 9.17) is 5.73 Å². The van der Waals surface area contributed by atoms with E-state index >= 15 is 0 Å². The zero-order valence-corrected chi connectivity index (χ0v) is 16.8. The predicted octanol–water partition coefficient (Wildman–Crippen LogP) is 2.96. The fourth-order valence-corrected chi connectivity index (χ4v) is 4.90. The molecular weight excluding hydrogens is 395 g/mol. The molecule has 1 amide bonds. The van der Waals surface area contributed by atoms with E-state index in [0.29, 0.717) is 24.2 Å². The van der Waals surface area contributed by atoms with Crippen molar-refractivity contribution in [1.82, 2.24) is 9.88 Å². The molecule has 3 N–H and O–H groups in total. The molecule has 0 radical (unpaired) electrons. The predicted molar refractivity (Wildman–Crippen MR) is 105 cm³/mol. The molecule has 2 heterocycles. The van der Waals surface area contributed by atoms with Crippen LogP contribution in [0.2, 0.25) is 0 Å². The van der Waals surface area contributed by atoms with Crippen molar-refractivity contribution < 1.29 is 23.1 Å². The Kier molecular flexibility index (Phi) is 4.52. The van der Waals surface area contributed by atoms with Crippen LogP contribution in [0.5, 0.6) is 0 Å². The van der Waals surface area contributed by atoms with Gasteiger partial charge in [-0.2, -0.15) is 13.2 Å². The number of alkyl halides is 3. The third kappa shape index (κ3) is 2.93. The zero-order valence-electron chi connectivity index (χ0n) is 16.8. The van der Waals surface area contributed by atoms with Crippen molar-refractivity contribution in [3.63, 3.8) is 0 Å². The topological polar surface area (TPSA) is 79.4 Å². The van der Waals surface area contributed by atoms with Gasteiger partial charge in [0.1, 0.15) is 5.60 Å². The lowest BCUT2D eigenvalue weighted by molar-refractivity contribution is -0.160. The van der Waals surface area contributed by atoms with Crippen LogP contribution in [-0.4, -0.2) is 47.2 Å². The Morgan fingerprint density at radius 2 is 1.73 bits per heavy atom. The van der Waals surface area contributed by atoms with Crippen molar-refractivity contribution in [2.75, 3.05) is 20.1 Å². The van der Waals surface area contributed by atoms with Crippen LogP contribution in [0.3, 0.4) is 0 Å². The number of carbonyl (C=O) groups excluding carboxylic acids is 1. The first-order valence-electron chi connectivity index (χ1n) is 9.77. The third-order valence-electron chi connectivity index (χ3n) is 6.70. The number of rotatable bonds is 5. The summed E-state index contributed by atoms with van der Waals surface area (Å²) in [5.74, 6) is -0.668. The molecule has 1 aliphatic heterocycles. The van der Waals surface area contributed by atoms with Crippen molar-refractivity contribution >= 4 is 5.91 Å². The Morgan fingerprint density at radius 1 is 1.13 bits per heavy atom. The minimum atomic E-state index is -4.30. The smallest absolute Gasteiger partial charge is 0.380 e. The van der Waals surface area contributed by atoms with E-state index in [1.165, 1.54) is 30.6 Å². The molecule has 30 heavy (non-hydrogen) atoms. The molecule has 2 aromatic rings. The van der Waals surface area contributed by atoms with Crippen LogP contribution >= 0.6 is 0 Å². The van der Waals surface area contributed by atoms with Gasteiger partial charge in [0.15, 0.2) is 0 Å². The second-order valence-electron chi connectivity index (χ2n) is 8.93. The van der Waals surface area contributed by atoms with E-state index in [-0.39, 0.29) is 24.0 Å². The van der Waals surface area contributed by atoms with Crippen LogP contribution < -0.4 is 5.73 Å². The molecule has 2 fully saturated rings. The van der Waals surface area contributed by atoms with Crippen LogP contribution in [0.1, 0.15) is 46.8 Å². The number of amides is 1. The molecule has 160 valence electrons. The highest BCUT2D eigenvalue weighted by molar-refractivity contribution is 5.92. The van der Waals surface area contributed by atoms with Crippen LogP contribution in [0, 0.1) is 5.41 Å².